The first-order valence-corrected chi connectivity index (χ1v) is 6.20. The summed E-state index contributed by atoms with van der Waals surface area (Å²) in [6.07, 6.45) is -5.24. The van der Waals surface area contributed by atoms with Crippen LogP contribution in [0.15, 0.2) is 16.6 Å². The van der Waals surface area contributed by atoms with Gasteiger partial charge in [0.15, 0.2) is 0 Å². The highest BCUT2D eigenvalue weighted by Gasteiger charge is 2.33. The maximum atomic E-state index is 12.2. The highest BCUT2D eigenvalue weighted by atomic mass is 79.9. The van der Waals surface area contributed by atoms with E-state index < -0.39 is 18.1 Å². The second kappa shape index (κ2) is 6.61. The number of alkyl halides is 3. The van der Waals surface area contributed by atoms with E-state index in [-0.39, 0.29) is 24.2 Å². The standard InChI is InChI=1S/C12H9BrF3NO3/c1-2-19-11(18)5-7-8(6-17)10(4-3-9(7)13)20-12(14,15)16/h3-4H,2,5H2,1H3. The second-order valence-electron chi connectivity index (χ2n) is 3.54. The van der Waals surface area contributed by atoms with E-state index >= 15 is 0 Å². The third-order valence-electron chi connectivity index (χ3n) is 2.18. The molecule has 1 rings (SSSR count). The van der Waals surface area contributed by atoms with Gasteiger partial charge in [-0.05, 0) is 24.6 Å². The lowest BCUT2D eigenvalue weighted by Crippen LogP contribution is -2.18. The third-order valence-corrected chi connectivity index (χ3v) is 2.92. The number of nitriles is 1. The molecule has 1 aromatic rings. The van der Waals surface area contributed by atoms with Gasteiger partial charge < -0.3 is 9.47 Å². The summed E-state index contributed by atoms with van der Waals surface area (Å²) in [6.45, 7) is 1.73. The molecule has 0 N–H and O–H groups in total. The van der Waals surface area contributed by atoms with Gasteiger partial charge in [-0.15, -0.1) is 13.2 Å². The number of rotatable bonds is 4. The molecule has 0 bridgehead atoms. The van der Waals surface area contributed by atoms with Gasteiger partial charge in [-0.25, -0.2) is 0 Å². The summed E-state index contributed by atoms with van der Waals surface area (Å²) in [5, 5.41) is 8.99. The SMILES string of the molecule is CCOC(=O)Cc1c(Br)ccc(OC(F)(F)F)c1C#N. The molecule has 4 nitrogen and oxygen atoms in total. The summed E-state index contributed by atoms with van der Waals surface area (Å²) in [6, 6.07) is 3.89. The maximum Gasteiger partial charge on any atom is 0.573 e. The molecule has 0 fully saturated rings. The zero-order valence-corrected chi connectivity index (χ0v) is 11.8. The van der Waals surface area contributed by atoms with E-state index in [1.807, 2.05) is 0 Å². The van der Waals surface area contributed by atoms with E-state index in [9.17, 15) is 18.0 Å². The van der Waals surface area contributed by atoms with Crippen molar-refractivity contribution in [3.8, 4) is 11.8 Å². The molecule has 0 saturated heterocycles. The predicted molar refractivity (Wildman–Crippen MR) is 65.9 cm³/mol. The Morgan fingerprint density at radius 1 is 1.45 bits per heavy atom. The van der Waals surface area contributed by atoms with E-state index in [1.54, 1.807) is 13.0 Å². The molecular weight excluding hydrogens is 343 g/mol. The van der Waals surface area contributed by atoms with E-state index in [1.165, 1.54) is 6.07 Å². The first-order valence-electron chi connectivity index (χ1n) is 5.41. The highest BCUT2D eigenvalue weighted by Crippen LogP contribution is 2.32. The van der Waals surface area contributed by atoms with E-state index in [2.05, 4.69) is 20.7 Å². The largest absolute Gasteiger partial charge is 0.573 e. The molecule has 1 aromatic carbocycles. The summed E-state index contributed by atoms with van der Waals surface area (Å²) in [7, 11) is 0. The van der Waals surface area contributed by atoms with Gasteiger partial charge in [-0.2, -0.15) is 5.26 Å². The van der Waals surface area contributed by atoms with Crippen LogP contribution in [0.2, 0.25) is 0 Å². The average Bonchev–Trinajstić information content (AvgIpc) is 2.32. The molecule has 0 heterocycles. The van der Waals surface area contributed by atoms with Crippen molar-refractivity contribution in [3.63, 3.8) is 0 Å². The molecule has 8 heteroatoms. The molecule has 0 spiro atoms. The molecular formula is C12H9BrF3NO3. The molecule has 20 heavy (non-hydrogen) atoms. The van der Waals surface area contributed by atoms with Crippen LogP contribution in [0.1, 0.15) is 18.1 Å². The van der Waals surface area contributed by atoms with E-state index in [4.69, 9.17) is 10.00 Å². The molecule has 0 amide bonds. The molecule has 0 aliphatic rings. The van der Waals surface area contributed by atoms with Crippen molar-refractivity contribution in [2.75, 3.05) is 6.61 Å². The second-order valence-corrected chi connectivity index (χ2v) is 4.39. The fourth-order valence-electron chi connectivity index (χ4n) is 1.46. The summed E-state index contributed by atoms with van der Waals surface area (Å²) in [4.78, 5) is 11.4. The van der Waals surface area contributed by atoms with Gasteiger partial charge in [0.05, 0.1) is 18.6 Å². The summed E-state index contributed by atoms with van der Waals surface area (Å²) >= 11 is 3.09. The number of hydrogen-bond donors (Lipinski definition) is 0. The minimum atomic E-state index is -4.92. The van der Waals surface area contributed by atoms with Gasteiger partial charge >= 0.3 is 12.3 Å². The zero-order valence-electron chi connectivity index (χ0n) is 10.3. The summed E-state index contributed by atoms with van der Waals surface area (Å²) in [5.74, 6) is -1.30. The number of hydrogen-bond acceptors (Lipinski definition) is 4. The fraction of sp³-hybridized carbons (Fsp3) is 0.333. The van der Waals surface area contributed by atoms with Gasteiger partial charge in [0.25, 0.3) is 0 Å². The predicted octanol–water partition coefficient (Wildman–Crippen LogP) is 3.32. The van der Waals surface area contributed by atoms with E-state index in [0.717, 1.165) is 6.07 Å². The molecule has 0 aliphatic carbocycles. The monoisotopic (exact) mass is 351 g/mol. The van der Waals surface area contributed by atoms with Crippen LogP contribution in [-0.2, 0) is 16.0 Å². The lowest BCUT2D eigenvalue weighted by Gasteiger charge is -2.13. The van der Waals surface area contributed by atoms with Crippen LogP contribution in [0.3, 0.4) is 0 Å². The van der Waals surface area contributed by atoms with Crippen LogP contribution in [0.4, 0.5) is 13.2 Å². The molecule has 0 aromatic heterocycles. The third kappa shape index (κ3) is 4.42. The fourth-order valence-corrected chi connectivity index (χ4v) is 1.93. The van der Waals surface area contributed by atoms with Crippen LogP contribution in [0.5, 0.6) is 5.75 Å². The Kier molecular flexibility index (Phi) is 5.39. The van der Waals surface area contributed by atoms with Crippen molar-refractivity contribution in [2.24, 2.45) is 0 Å². The summed E-state index contributed by atoms with van der Waals surface area (Å²) < 4.78 is 45.5. The van der Waals surface area contributed by atoms with Crippen molar-refractivity contribution in [2.45, 2.75) is 19.7 Å². The molecule has 0 aliphatic heterocycles. The topological polar surface area (TPSA) is 59.3 Å². The van der Waals surface area contributed by atoms with Crippen LogP contribution in [-0.4, -0.2) is 18.9 Å². The summed E-state index contributed by atoms with van der Waals surface area (Å²) in [5.41, 5.74) is -0.266. The number of nitrogens with zero attached hydrogens (tertiary/aromatic N) is 1. The van der Waals surface area contributed by atoms with Crippen molar-refractivity contribution in [3.05, 3.63) is 27.7 Å². The van der Waals surface area contributed by atoms with Gasteiger partial charge in [0.2, 0.25) is 0 Å². The highest BCUT2D eigenvalue weighted by molar-refractivity contribution is 9.10. The first kappa shape index (κ1) is 16.3. The Morgan fingerprint density at radius 2 is 2.10 bits per heavy atom. The minimum absolute atomic E-state index is 0.0905. The van der Waals surface area contributed by atoms with Crippen LogP contribution < -0.4 is 4.74 Å². The smallest absolute Gasteiger partial charge is 0.466 e. The Morgan fingerprint density at radius 3 is 2.60 bits per heavy atom. The van der Waals surface area contributed by atoms with Gasteiger partial charge in [-0.3, -0.25) is 4.79 Å². The lowest BCUT2D eigenvalue weighted by molar-refractivity contribution is -0.274. The Labute approximate surface area is 121 Å². The number of benzene rings is 1. The first-order chi connectivity index (χ1) is 9.28. The van der Waals surface area contributed by atoms with Crippen LogP contribution in [0, 0.1) is 11.3 Å². The number of esters is 1. The minimum Gasteiger partial charge on any atom is -0.466 e. The molecule has 0 saturated carbocycles. The quantitative estimate of drug-likeness (QED) is 0.780. The number of carbonyl (C=O) groups excluding carboxylic acids is 1. The van der Waals surface area contributed by atoms with Crippen molar-refractivity contribution < 1.29 is 27.4 Å². The zero-order chi connectivity index (χ0) is 15.3. The average molecular weight is 352 g/mol. The number of halogens is 4. The molecule has 0 radical (unpaired) electrons. The number of ether oxygens (including phenoxy) is 2. The number of carbonyl (C=O) groups is 1. The van der Waals surface area contributed by atoms with Crippen molar-refractivity contribution >= 4 is 21.9 Å². The van der Waals surface area contributed by atoms with Crippen molar-refractivity contribution in [1.29, 1.82) is 5.26 Å². The van der Waals surface area contributed by atoms with Gasteiger partial charge in [-0.1, -0.05) is 15.9 Å². The Bertz CT molecular complexity index is 552. The lowest BCUT2D eigenvalue weighted by atomic mass is 10.0. The Hall–Kier alpha value is -1.75. The Balaban J connectivity index is 3.19. The van der Waals surface area contributed by atoms with Gasteiger partial charge in [0.1, 0.15) is 11.8 Å². The van der Waals surface area contributed by atoms with Gasteiger partial charge in [0, 0.05) is 4.47 Å². The normalized spacial score (nSPS) is 10.8. The van der Waals surface area contributed by atoms with Crippen LogP contribution >= 0.6 is 15.9 Å². The molecule has 108 valence electrons. The van der Waals surface area contributed by atoms with E-state index in [0.29, 0.717) is 4.47 Å². The molecule has 0 atom stereocenters. The molecule has 0 unspecified atom stereocenters. The van der Waals surface area contributed by atoms with Crippen molar-refractivity contribution in [1.82, 2.24) is 0 Å². The van der Waals surface area contributed by atoms with Crippen LogP contribution in [0.25, 0.3) is 0 Å². The maximum absolute atomic E-state index is 12.2.